The molecule has 0 unspecified atom stereocenters. The number of para-hydroxylation sites is 1. The van der Waals surface area contributed by atoms with Gasteiger partial charge in [-0.25, -0.2) is 20.8 Å². The van der Waals surface area contributed by atoms with Crippen LogP contribution in [0.15, 0.2) is 54.7 Å². The van der Waals surface area contributed by atoms with Crippen molar-refractivity contribution in [3.05, 3.63) is 66.0 Å². The van der Waals surface area contributed by atoms with E-state index in [1.165, 1.54) is 5.01 Å². The van der Waals surface area contributed by atoms with Crippen LogP contribution in [-0.2, 0) is 22.0 Å². The summed E-state index contributed by atoms with van der Waals surface area (Å²) < 4.78 is 17.7. The first-order valence-electron chi connectivity index (χ1n) is 14.8. The van der Waals surface area contributed by atoms with E-state index in [0.717, 1.165) is 55.6 Å². The van der Waals surface area contributed by atoms with Gasteiger partial charge in [0.1, 0.15) is 18.2 Å². The lowest BCUT2D eigenvalue weighted by Crippen LogP contribution is -2.40. The summed E-state index contributed by atoms with van der Waals surface area (Å²) in [6, 6.07) is 15.4. The number of anilines is 3. The molecule has 5 rings (SSSR count). The molecule has 256 valence electrons. The van der Waals surface area contributed by atoms with E-state index in [2.05, 4.69) is 41.5 Å². The van der Waals surface area contributed by atoms with Gasteiger partial charge in [0.15, 0.2) is 5.75 Å². The smallest absolute Gasteiger partial charge is 0.289 e. The number of nitrogens with one attached hydrogen (secondary N) is 2. The van der Waals surface area contributed by atoms with Gasteiger partial charge in [-0.15, -0.1) is 0 Å². The number of aromatic nitrogens is 3. The number of hydrazine groups is 2. The van der Waals surface area contributed by atoms with Crippen molar-refractivity contribution >= 4 is 40.9 Å². The zero-order valence-electron chi connectivity index (χ0n) is 28.5. The van der Waals surface area contributed by atoms with E-state index in [9.17, 15) is 4.79 Å². The number of ether oxygens (including phenoxy) is 3. The third-order valence-corrected chi connectivity index (χ3v) is 7.17. The molecule has 47 heavy (non-hydrogen) atoms. The Morgan fingerprint density at radius 2 is 1.72 bits per heavy atom. The molecule has 1 fully saturated rings. The maximum absolute atomic E-state index is 13.3. The molecule has 0 bridgehead atoms. The highest BCUT2D eigenvalue weighted by Crippen LogP contribution is 2.40. The lowest BCUT2D eigenvalue weighted by Gasteiger charge is -2.26. The van der Waals surface area contributed by atoms with E-state index in [-0.39, 0.29) is 11.3 Å². The van der Waals surface area contributed by atoms with Crippen molar-refractivity contribution in [2.75, 3.05) is 70.4 Å². The van der Waals surface area contributed by atoms with Crippen molar-refractivity contribution < 1.29 is 28.9 Å². The van der Waals surface area contributed by atoms with Crippen LogP contribution in [-0.4, -0.2) is 92.0 Å². The lowest BCUT2D eigenvalue weighted by molar-refractivity contribution is -0.0980. The van der Waals surface area contributed by atoms with E-state index < -0.39 is 0 Å². The molecule has 5 N–H and O–H groups in total. The molecule has 3 heterocycles. The first kappa shape index (κ1) is 38.4. The summed E-state index contributed by atoms with van der Waals surface area (Å²) in [6.07, 6.45) is 1.66. The van der Waals surface area contributed by atoms with Gasteiger partial charge >= 0.3 is 0 Å². The number of carbonyl (C=O) groups is 2. The van der Waals surface area contributed by atoms with E-state index in [4.69, 9.17) is 30.0 Å². The number of carbonyl (C=O) groups excluding carboxylic acids is 2. The quantitative estimate of drug-likeness (QED) is 0.130. The van der Waals surface area contributed by atoms with Gasteiger partial charge in [0.25, 0.3) is 5.91 Å². The van der Waals surface area contributed by atoms with Crippen LogP contribution in [0, 0.1) is 0 Å². The SMILES string of the molecule is C=O.CNc1cc(C(C)(C)C)cc(N(N)C(=O)c2cc3ccccc3n2C)c1OC.CO.COc1ccnc(NN2CCOCC2)n1. The fourth-order valence-electron chi connectivity index (χ4n) is 4.68. The molecule has 0 spiro atoms. The van der Waals surface area contributed by atoms with Crippen LogP contribution in [0.1, 0.15) is 36.8 Å². The van der Waals surface area contributed by atoms with Gasteiger partial charge in [-0.05, 0) is 35.2 Å². The molecule has 1 aliphatic rings. The number of methoxy groups -OCH3 is 2. The Morgan fingerprint density at radius 3 is 2.30 bits per heavy atom. The van der Waals surface area contributed by atoms with E-state index in [1.807, 2.05) is 72.9 Å². The molecular weight excluding hydrogens is 604 g/mol. The van der Waals surface area contributed by atoms with Crippen LogP contribution >= 0.6 is 0 Å². The highest BCUT2D eigenvalue weighted by Gasteiger charge is 2.26. The van der Waals surface area contributed by atoms with Crippen molar-refractivity contribution in [1.29, 1.82) is 0 Å². The molecule has 2 aromatic heterocycles. The van der Waals surface area contributed by atoms with Crippen molar-refractivity contribution in [2.24, 2.45) is 12.9 Å². The summed E-state index contributed by atoms with van der Waals surface area (Å²) in [5, 5.41) is 14.3. The van der Waals surface area contributed by atoms with Gasteiger partial charge < -0.3 is 34.0 Å². The Kier molecular flexibility index (Phi) is 15.0. The van der Waals surface area contributed by atoms with Crippen LogP contribution in [0.25, 0.3) is 10.9 Å². The molecule has 0 aliphatic carbocycles. The van der Waals surface area contributed by atoms with Gasteiger partial charge in [0.2, 0.25) is 11.8 Å². The first-order chi connectivity index (χ1) is 22.6. The number of fused-ring (bicyclic) bond motifs is 1. The van der Waals surface area contributed by atoms with Gasteiger partial charge in [-0.3, -0.25) is 10.2 Å². The topological polar surface area (TPSA) is 169 Å². The third-order valence-electron chi connectivity index (χ3n) is 7.17. The number of aryl methyl sites for hydroxylation is 1. The average Bonchev–Trinajstić information content (AvgIpc) is 3.45. The van der Waals surface area contributed by atoms with Gasteiger partial charge in [-0.1, -0.05) is 39.0 Å². The number of rotatable bonds is 7. The van der Waals surface area contributed by atoms with Crippen LogP contribution in [0.2, 0.25) is 0 Å². The van der Waals surface area contributed by atoms with Crippen LogP contribution in [0.3, 0.4) is 0 Å². The highest BCUT2D eigenvalue weighted by atomic mass is 16.5. The van der Waals surface area contributed by atoms with Crippen LogP contribution < -0.4 is 31.1 Å². The Balaban J connectivity index is 0.000000340. The molecule has 0 radical (unpaired) electrons. The summed E-state index contributed by atoms with van der Waals surface area (Å²) >= 11 is 0. The number of hydrogen-bond acceptors (Lipinski definition) is 12. The summed E-state index contributed by atoms with van der Waals surface area (Å²) in [5.41, 5.74) is 6.84. The van der Waals surface area contributed by atoms with Crippen LogP contribution in [0.5, 0.6) is 11.6 Å². The second kappa shape index (κ2) is 18.4. The number of morpholine rings is 1. The second-order valence-electron chi connectivity index (χ2n) is 11.0. The summed E-state index contributed by atoms with van der Waals surface area (Å²) in [6.45, 7) is 11.5. The standard InChI is InChI=1S/C22H28N4O2.C9H14N4O2.CH4O.CH2O/c1-22(2,3)15-12-16(24-4)20(28-6)18(13-15)26(23)21(27)19-11-14-9-7-8-10-17(14)25(19)5;1-14-8-2-3-10-9(11-8)12-13-4-6-15-7-5-13;2*1-2/h7-13,24H,23H2,1-6H3;2-3H,4-7H2,1H3,(H,10,11,12);2H,1H3;1H2. The van der Waals surface area contributed by atoms with Crippen molar-refractivity contribution in [2.45, 2.75) is 26.2 Å². The van der Waals surface area contributed by atoms with E-state index in [1.54, 1.807) is 26.5 Å². The molecule has 0 saturated carbocycles. The average molecular weight is 653 g/mol. The number of nitrogens with two attached hydrogens (primary N) is 1. The zero-order chi connectivity index (χ0) is 35.1. The number of aliphatic hydroxyl groups excluding tert-OH is 1. The Bertz CT molecular complexity index is 1570. The molecule has 14 heteroatoms. The summed E-state index contributed by atoms with van der Waals surface area (Å²) in [4.78, 5) is 29.5. The predicted octanol–water partition coefficient (Wildman–Crippen LogP) is 3.61. The fourth-order valence-corrected chi connectivity index (χ4v) is 4.68. The number of benzene rings is 2. The molecule has 0 atom stereocenters. The fraction of sp³-hybridized carbons (Fsp3) is 0.394. The summed E-state index contributed by atoms with van der Waals surface area (Å²) in [7, 11) is 7.85. The first-order valence-corrected chi connectivity index (χ1v) is 14.8. The van der Waals surface area contributed by atoms with E-state index >= 15 is 0 Å². The van der Waals surface area contributed by atoms with Crippen LogP contribution in [0.4, 0.5) is 17.3 Å². The van der Waals surface area contributed by atoms with E-state index in [0.29, 0.717) is 29.0 Å². The Hall–Kier alpha value is -4.76. The summed E-state index contributed by atoms with van der Waals surface area (Å²) in [5.74, 6) is 7.68. The number of hydrogen-bond donors (Lipinski definition) is 4. The molecule has 1 saturated heterocycles. The molecule has 2 aromatic carbocycles. The largest absolute Gasteiger partial charge is 0.492 e. The number of amides is 1. The predicted molar refractivity (Wildman–Crippen MR) is 185 cm³/mol. The minimum atomic E-state index is -0.301. The van der Waals surface area contributed by atoms with Crippen molar-refractivity contribution in [3.63, 3.8) is 0 Å². The zero-order valence-corrected chi connectivity index (χ0v) is 28.5. The normalized spacial score (nSPS) is 12.6. The molecule has 1 aliphatic heterocycles. The Morgan fingerprint density at radius 1 is 1.06 bits per heavy atom. The molecule has 1 amide bonds. The Labute approximate surface area is 276 Å². The van der Waals surface area contributed by atoms with Gasteiger partial charge in [0.05, 0.1) is 33.1 Å². The molecule has 14 nitrogen and oxygen atoms in total. The molecule has 4 aromatic rings. The minimum absolute atomic E-state index is 0.115. The maximum atomic E-state index is 13.3. The maximum Gasteiger partial charge on any atom is 0.289 e. The minimum Gasteiger partial charge on any atom is -0.492 e. The monoisotopic (exact) mass is 652 g/mol. The van der Waals surface area contributed by atoms with Crippen molar-refractivity contribution in [1.82, 2.24) is 19.5 Å². The lowest BCUT2D eigenvalue weighted by atomic mass is 9.86. The number of nitrogens with zero attached hydrogens (tertiary/aromatic N) is 5. The van der Waals surface area contributed by atoms with Gasteiger partial charge in [-0.2, -0.15) is 4.98 Å². The third kappa shape index (κ3) is 9.86. The number of aliphatic hydroxyl groups is 1. The molecular formula is C33H48N8O6. The second-order valence-corrected chi connectivity index (χ2v) is 11.0. The van der Waals surface area contributed by atoms with Gasteiger partial charge in [0, 0.05) is 57.5 Å². The van der Waals surface area contributed by atoms with Crippen molar-refractivity contribution in [3.8, 4) is 11.6 Å². The highest BCUT2D eigenvalue weighted by molar-refractivity contribution is 6.08.